The Balaban J connectivity index is 0.00000137. The maximum atomic E-state index is 11.0. The van der Waals surface area contributed by atoms with Crippen molar-refractivity contribution in [1.29, 1.82) is 0 Å². The van der Waals surface area contributed by atoms with Gasteiger partial charge in [0.15, 0.2) is 0 Å². The van der Waals surface area contributed by atoms with E-state index in [4.69, 9.17) is 8.83 Å². The Labute approximate surface area is 111 Å². The van der Waals surface area contributed by atoms with E-state index in [1.807, 2.05) is 13.8 Å². The average molecular weight is 256 g/mol. The summed E-state index contributed by atoms with van der Waals surface area (Å²) in [5.74, 6) is 1.43. The van der Waals surface area contributed by atoms with Gasteiger partial charge in [-0.3, -0.25) is 0 Å². The van der Waals surface area contributed by atoms with E-state index >= 15 is 0 Å². The van der Waals surface area contributed by atoms with Crippen LogP contribution in [0.3, 0.4) is 0 Å². The SMILES string of the molecule is CC.CCCCCCc1oc(=O)oc1CC(C)C. The smallest absolute Gasteiger partial charge is 0.396 e. The molecule has 0 aromatic carbocycles. The van der Waals surface area contributed by atoms with E-state index in [-0.39, 0.29) is 0 Å². The molecule has 3 nitrogen and oxygen atoms in total. The summed E-state index contributed by atoms with van der Waals surface area (Å²) in [4.78, 5) is 11.0. The molecular weight excluding hydrogens is 228 g/mol. The van der Waals surface area contributed by atoms with E-state index in [0.29, 0.717) is 5.92 Å². The van der Waals surface area contributed by atoms with Crippen molar-refractivity contribution in [1.82, 2.24) is 0 Å². The molecule has 0 N–H and O–H groups in total. The Morgan fingerprint density at radius 2 is 1.61 bits per heavy atom. The van der Waals surface area contributed by atoms with Gasteiger partial charge in [0.1, 0.15) is 11.5 Å². The quantitative estimate of drug-likeness (QED) is 0.671. The fourth-order valence-electron chi connectivity index (χ4n) is 1.76. The van der Waals surface area contributed by atoms with Gasteiger partial charge in [0.25, 0.3) is 0 Å². The van der Waals surface area contributed by atoms with Crippen molar-refractivity contribution in [2.75, 3.05) is 0 Å². The van der Waals surface area contributed by atoms with E-state index in [1.165, 1.54) is 19.3 Å². The Morgan fingerprint density at radius 3 is 2.17 bits per heavy atom. The lowest BCUT2D eigenvalue weighted by Gasteiger charge is -2.02. The molecule has 0 bridgehead atoms. The molecule has 0 spiro atoms. The highest BCUT2D eigenvalue weighted by Gasteiger charge is 2.13. The van der Waals surface area contributed by atoms with Crippen LogP contribution < -0.4 is 5.82 Å². The van der Waals surface area contributed by atoms with E-state index in [2.05, 4.69) is 20.8 Å². The molecular formula is C15H28O3. The number of unbranched alkanes of at least 4 members (excludes halogenated alkanes) is 3. The van der Waals surface area contributed by atoms with Crippen LogP contribution in [0.25, 0.3) is 0 Å². The molecule has 0 aliphatic rings. The Bertz CT molecular complexity index is 347. The Morgan fingerprint density at radius 1 is 1.00 bits per heavy atom. The van der Waals surface area contributed by atoms with Crippen LogP contribution >= 0.6 is 0 Å². The first-order valence-corrected chi connectivity index (χ1v) is 7.25. The molecule has 0 amide bonds. The standard InChI is InChI=1S/C13H22O3.C2H6/c1-4-5-6-7-8-11-12(9-10(2)3)16-13(14)15-11;1-2/h10H,4-9H2,1-3H3;1-2H3. The summed E-state index contributed by atoms with van der Waals surface area (Å²) in [5, 5.41) is 0. The molecule has 1 heterocycles. The molecule has 0 atom stereocenters. The van der Waals surface area contributed by atoms with Crippen molar-refractivity contribution in [3.05, 3.63) is 22.1 Å². The third-order valence-corrected chi connectivity index (χ3v) is 2.58. The normalized spacial score (nSPS) is 10.3. The molecule has 0 radical (unpaired) electrons. The van der Waals surface area contributed by atoms with Crippen molar-refractivity contribution < 1.29 is 8.83 Å². The Hall–Kier alpha value is -0.990. The predicted octanol–water partition coefficient (Wildman–Crippen LogP) is 4.58. The number of aryl methyl sites for hydroxylation is 1. The summed E-state index contributed by atoms with van der Waals surface area (Å²) in [6.07, 6.45) is 6.33. The van der Waals surface area contributed by atoms with Gasteiger partial charge in [-0.05, 0) is 12.3 Å². The van der Waals surface area contributed by atoms with Crippen LogP contribution in [0.15, 0.2) is 13.6 Å². The maximum Gasteiger partial charge on any atom is 0.519 e. The van der Waals surface area contributed by atoms with Crippen LogP contribution in [0.2, 0.25) is 0 Å². The van der Waals surface area contributed by atoms with Gasteiger partial charge in [-0.15, -0.1) is 0 Å². The highest BCUT2D eigenvalue weighted by Crippen LogP contribution is 2.15. The van der Waals surface area contributed by atoms with Gasteiger partial charge in [0.05, 0.1) is 0 Å². The summed E-state index contributed by atoms with van der Waals surface area (Å²) in [5.41, 5.74) is 0. The predicted molar refractivity (Wildman–Crippen MR) is 75.0 cm³/mol. The number of hydrogen-bond donors (Lipinski definition) is 0. The van der Waals surface area contributed by atoms with Crippen molar-refractivity contribution in [3.63, 3.8) is 0 Å². The highest BCUT2D eigenvalue weighted by atomic mass is 16.6. The van der Waals surface area contributed by atoms with Crippen molar-refractivity contribution in [3.8, 4) is 0 Å². The molecule has 1 aromatic heterocycles. The van der Waals surface area contributed by atoms with Gasteiger partial charge in [-0.2, -0.15) is 0 Å². The topological polar surface area (TPSA) is 43.4 Å². The van der Waals surface area contributed by atoms with Crippen LogP contribution in [-0.4, -0.2) is 0 Å². The summed E-state index contributed by atoms with van der Waals surface area (Å²) in [6, 6.07) is 0. The van der Waals surface area contributed by atoms with Crippen LogP contribution in [0, 0.1) is 5.92 Å². The first kappa shape index (κ1) is 17.0. The van der Waals surface area contributed by atoms with E-state index in [9.17, 15) is 4.79 Å². The maximum absolute atomic E-state index is 11.0. The third kappa shape index (κ3) is 6.67. The van der Waals surface area contributed by atoms with Crippen LogP contribution in [0.4, 0.5) is 0 Å². The fourth-order valence-corrected chi connectivity index (χ4v) is 1.76. The molecule has 0 unspecified atom stereocenters. The summed E-state index contributed by atoms with van der Waals surface area (Å²) >= 11 is 0. The second-order valence-electron chi connectivity index (χ2n) is 4.71. The average Bonchev–Trinajstić information content (AvgIpc) is 2.67. The van der Waals surface area contributed by atoms with Gasteiger partial charge >= 0.3 is 5.82 Å². The van der Waals surface area contributed by atoms with Crippen LogP contribution in [0.5, 0.6) is 0 Å². The summed E-state index contributed by atoms with van der Waals surface area (Å²) in [7, 11) is 0. The molecule has 0 saturated heterocycles. The molecule has 3 heteroatoms. The highest BCUT2D eigenvalue weighted by molar-refractivity contribution is 5.04. The van der Waals surface area contributed by atoms with E-state index in [1.54, 1.807) is 0 Å². The monoisotopic (exact) mass is 256 g/mol. The summed E-state index contributed by atoms with van der Waals surface area (Å²) < 4.78 is 10.1. The third-order valence-electron chi connectivity index (χ3n) is 2.58. The minimum absolute atomic E-state index is 0.482. The largest absolute Gasteiger partial charge is 0.519 e. The van der Waals surface area contributed by atoms with Gasteiger partial charge in [0.2, 0.25) is 0 Å². The van der Waals surface area contributed by atoms with Gasteiger partial charge in [0, 0.05) is 12.8 Å². The molecule has 1 aromatic rings. The minimum atomic E-state index is -0.554. The van der Waals surface area contributed by atoms with Crippen LogP contribution in [-0.2, 0) is 12.8 Å². The number of rotatable bonds is 7. The zero-order valence-corrected chi connectivity index (χ0v) is 12.5. The van der Waals surface area contributed by atoms with Crippen molar-refractivity contribution in [2.45, 2.75) is 73.1 Å². The van der Waals surface area contributed by atoms with Gasteiger partial charge in [-0.1, -0.05) is 53.9 Å². The lowest BCUT2D eigenvalue weighted by molar-refractivity contribution is 0.360. The van der Waals surface area contributed by atoms with Gasteiger partial charge in [-0.25, -0.2) is 4.79 Å². The summed E-state index contributed by atoms with van der Waals surface area (Å²) in [6.45, 7) is 10.4. The number of hydrogen-bond acceptors (Lipinski definition) is 3. The van der Waals surface area contributed by atoms with Crippen molar-refractivity contribution in [2.24, 2.45) is 5.92 Å². The zero-order chi connectivity index (χ0) is 14.0. The van der Waals surface area contributed by atoms with E-state index < -0.39 is 5.82 Å². The molecule has 0 fully saturated rings. The second-order valence-corrected chi connectivity index (χ2v) is 4.71. The molecule has 18 heavy (non-hydrogen) atoms. The fraction of sp³-hybridized carbons (Fsp3) is 0.800. The lowest BCUT2D eigenvalue weighted by atomic mass is 10.1. The molecule has 0 saturated carbocycles. The first-order valence-electron chi connectivity index (χ1n) is 7.25. The Kier molecular flexibility index (Phi) is 9.43. The minimum Gasteiger partial charge on any atom is -0.396 e. The molecule has 1 rings (SSSR count). The molecule has 0 aliphatic carbocycles. The second kappa shape index (κ2) is 9.98. The van der Waals surface area contributed by atoms with Crippen molar-refractivity contribution >= 4 is 0 Å². The molecule has 106 valence electrons. The first-order chi connectivity index (χ1) is 8.63. The van der Waals surface area contributed by atoms with E-state index in [0.717, 1.165) is 30.8 Å². The van der Waals surface area contributed by atoms with Crippen LogP contribution in [0.1, 0.15) is 71.8 Å². The lowest BCUT2D eigenvalue weighted by Crippen LogP contribution is -1.96. The molecule has 0 aliphatic heterocycles. The zero-order valence-electron chi connectivity index (χ0n) is 12.5. The van der Waals surface area contributed by atoms with Gasteiger partial charge < -0.3 is 8.83 Å².